The molecule has 22 heavy (non-hydrogen) atoms. The predicted molar refractivity (Wildman–Crippen MR) is 86.6 cm³/mol. The van der Waals surface area contributed by atoms with Crippen molar-refractivity contribution in [1.82, 2.24) is 5.32 Å². The molecular formula is C16H21NO4S. The normalized spacial score (nSPS) is 20.7. The number of ether oxygens (including phenoxy) is 1. The Morgan fingerprint density at radius 3 is 2.45 bits per heavy atom. The summed E-state index contributed by atoms with van der Waals surface area (Å²) in [6, 6.07) is 3.99. The first-order valence-corrected chi connectivity index (χ1v) is 8.32. The molecule has 1 amide bonds. The highest BCUT2D eigenvalue weighted by Gasteiger charge is 2.43. The van der Waals surface area contributed by atoms with Crippen molar-refractivity contribution in [2.24, 2.45) is 0 Å². The lowest BCUT2D eigenvalue weighted by atomic mass is 9.99. The van der Waals surface area contributed by atoms with Crippen LogP contribution < -0.4 is 10.1 Å². The standard InChI is InChI=1S/C16H21NO4S/c1-10-6-11(2)14(12(3)7-10)21-8-13(18)17-16(15(19)20)4-5-22-9-16/h6-7H,4-5,8-9H2,1-3H3,(H,17,18)(H,19,20). The van der Waals surface area contributed by atoms with Gasteiger partial charge < -0.3 is 15.2 Å². The topological polar surface area (TPSA) is 75.6 Å². The van der Waals surface area contributed by atoms with Gasteiger partial charge in [-0.2, -0.15) is 11.8 Å². The number of thioether (sulfide) groups is 1. The molecule has 1 saturated heterocycles. The molecule has 5 nitrogen and oxygen atoms in total. The van der Waals surface area contributed by atoms with Gasteiger partial charge >= 0.3 is 5.97 Å². The lowest BCUT2D eigenvalue weighted by molar-refractivity contribution is -0.146. The minimum atomic E-state index is -1.15. The van der Waals surface area contributed by atoms with E-state index in [0.29, 0.717) is 17.9 Å². The van der Waals surface area contributed by atoms with E-state index in [0.717, 1.165) is 22.4 Å². The van der Waals surface area contributed by atoms with Crippen molar-refractivity contribution in [3.8, 4) is 5.75 Å². The van der Waals surface area contributed by atoms with E-state index < -0.39 is 17.4 Å². The van der Waals surface area contributed by atoms with Gasteiger partial charge in [-0.15, -0.1) is 0 Å². The fourth-order valence-corrected chi connectivity index (χ4v) is 4.05. The summed E-state index contributed by atoms with van der Waals surface area (Å²) in [6.07, 6.45) is 0.446. The number of hydrogen-bond donors (Lipinski definition) is 2. The molecule has 0 aliphatic carbocycles. The van der Waals surface area contributed by atoms with Crippen LogP contribution >= 0.6 is 11.8 Å². The fourth-order valence-electron chi connectivity index (χ4n) is 2.72. The van der Waals surface area contributed by atoms with E-state index in [9.17, 15) is 14.7 Å². The van der Waals surface area contributed by atoms with Gasteiger partial charge in [0.2, 0.25) is 0 Å². The third kappa shape index (κ3) is 3.55. The highest BCUT2D eigenvalue weighted by atomic mass is 32.2. The lowest BCUT2D eigenvalue weighted by Gasteiger charge is -2.24. The maximum absolute atomic E-state index is 12.1. The van der Waals surface area contributed by atoms with Gasteiger partial charge in [-0.05, 0) is 44.1 Å². The number of rotatable bonds is 5. The minimum absolute atomic E-state index is 0.176. The van der Waals surface area contributed by atoms with Gasteiger partial charge in [-0.25, -0.2) is 4.79 Å². The molecule has 0 spiro atoms. The van der Waals surface area contributed by atoms with E-state index in [1.54, 1.807) is 0 Å². The minimum Gasteiger partial charge on any atom is -0.483 e. The zero-order chi connectivity index (χ0) is 16.3. The number of aliphatic carboxylic acids is 1. The molecule has 0 bridgehead atoms. The number of carbonyl (C=O) groups is 2. The van der Waals surface area contributed by atoms with Crippen LogP contribution in [0.3, 0.4) is 0 Å². The molecule has 1 aromatic carbocycles. The van der Waals surface area contributed by atoms with Crippen molar-refractivity contribution in [1.29, 1.82) is 0 Å². The Bertz CT molecular complexity index is 571. The molecule has 2 N–H and O–H groups in total. The average molecular weight is 323 g/mol. The van der Waals surface area contributed by atoms with Crippen LogP contribution in [-0.4, -0.2) is 40.6 Å². The van der Waals surface area contributed by atoms with Crippen molar-refractivity contribution >= 4 is 23.6 Å². The molecule has 1 aromatic rings. The number of carboxylic acid groups (broad SMARTS) is 1. The Kier molecular flexibility index (Phi) is 5.01. The number of benzene rings is 1. The van der Waals surface area contributed by atoms with E-state index in [1.165, 1.54) is 11.8 Å². The monoisotopic (exact) mass is 323 g/mol. The van der Waals surface area contributed by atoms with Crippen LogP contribution in [0.4, 0.5) is 0 Å². The molecule has 6 heteroatoms. The van der Waals surface area contributed by atoms with Crippen LogP contribution in [0.25, 0.3) is 0 Å². The quantitative estimate of drug-likeness (QED) is 0.867. The maximum atomic E-state index is 12.1. The second-order valence-corrected chi connectivity index (χ2v) is 6.86. The Hall–Kier alpha value is -1.69. The first-order valence-electron chi connectivity index (χ1n) is 7.17. The molecule has 1 unspecified atom stereocenters. The molecule has 1 heterocycles. The number of nitrogens with one attached hydrogen (secondary N) is 1. The predicted octanol–water partition coefficient (Wildman–Crippen LogP) is 2.07. The summed E-state index contributed by atoms with van der Waals surface area (Å²) < 4.78 is 5.61. The van der Waals surface area contributed by atoms with E-state index >= 15 is 0 Å². The second kappa shape index (κ2) is 6.60. The van der Waals surface area contributed by atoms with Crippen LogP contribution in [0.1, 0.15) is 23.1 Å². The zero-order valence-corrected chi connectivity index (χ0v) is 13.9. The van der Waals surface area contributed by atoms with Crippen LogP contribution in [0.15, 0.2) is 12.1 Å². The molecule has 1 fully saturated rings. The highest BCUT2D eigenvalue weighted by molar-refractivity contribution is 7.99. The summed E-state index contributed by atoms with van der Waals surface area (Å²) in [5.41, 5.74) is 1.92. The summed E-state index contributed by atoms with van der Waals surface area (Å²) in [6.45, 7) is 5.69. The van der Waals surface area contributed by atoms with Crippen LogP contribution in [0.2, 0.25) is 0 Å². The summed E-state index contributed by atoms with van der Waals surface area (Å²) in [4.78, 5) is 23.5. The molecular weight excluding hydrogens is 302 g/mol. The van der Waals surface area contributed by atoms with Crippen molar-refractivity contribution in [2.45, 2.75) is 32.7 Å². The molecule has 0 aromatic heterocycles. The molecule has 0 saturated carbocycles. The van der Waals surface area contributed by atoms with E-state index in [4.69, 9.17) is 4.74 Å². The van der Waals surface area contributed by atoms with Crippen molar-refractivity contribution in [2.75, 3.05) is 18.1 Å². The first-order chi connectivity index (χ1) is 10.3. The Labute approximate surface area is 134 Å². The number of carboxylic acids is 1. The third-order valence-corrected chi connectivity index (χ3v) is 4.95. The van der Waals surface area contributed by atoms with Gasteiger partial charge in [0.1, 0.15) is 11.3 Å². The summed E-state index contributed by atoms with van der Waals surface area (Å²) >= 11 is 1.54. The SMILES string of the molecule is Cc1cc(C)c(OCC(=O)NC2(C(=O)O)CCSC2)c(C)c1. The average Bonchev–Trinajstić information content (AvgIpc) is 2.87. The molecule has 1 aliphatic heterocycles. The zero-order valence-electron chi connectivity index (χ0n) is 13.1. The van der Waals surface area contributed by atoms with E-state index in [2.05, 4.69) is 5.32 Å². The van der Waals surface area contributed by atoms with Crippen molar-refractivity contribution < 1.29 is 19.4 Å². The number of aryl methyl sites for hydroxylation is 3. The fraction of sp³-hybridized carbons (Fsp3) is 0.500. The van der Waals surface area contributed by atoms with E-state index in [-0.39, 0.29) is 6.61 Å². The number of amides is 1. The van der Waals surface area contributed by atoms with Crippen LogP contribution in [0, 0.1) is 20.8 Å². The van der Waals surface area contributed by atoms with Gasteiger partial charge in [0.25, 0.3) is 5.91 Å². The number of carbonyl (C=O) groups excluding carboxylic acids is 1. The van der Waals surface area contributed by atoms with E-state index in [1.807, 2.05) is 32.9 Å². The Balaban J connectivity index is 2.00. The first kappa shape index (κ1) is 16.7. The number of hydrogen-bond acceptors (Lipinski definition) is 4. The van der Waals surface area contributed by atoms with Gasteiger partial charge in [0.15, 0.2) is 6.61 Å². The Morgan fingerprint density at radius 1 is 1.32 bits per heavy atom. The van der Waals surface area contributed by atoms with Crippen molar-refractivity contribution in [3.05, 3.63) is 28.8 Å². The molecule has 2 rings (SSSR count). The molecule has 1 aliphatic rings. The largest absolute Gasteiger partial charge is 0.483 e. The lowest BCUT2D eigenvalue weighted by Crippen LogP contribution is -2.55. The Morgan fingerprint density at radius 2 is 1.95 bits per heavy atom. The van der Waals surface area contributed by atoms with Gasteiger partial charge in [0, 0.05) is 5.75 Å². The van der Waals surface area contributed by atoms with Gasteiger partial charge in [-0.3, -0.25) is 4.79 Å². The third-order valence-electron chi connectivity index (χ3n) is 3.76. The molecule has 120 valence electrons. The van der Waals surface area contributed by atoms with Crippen LogP contribution in [0.5, 0.6) is 5.75 Å². The maximum Gasteiger partial charge on any atom is 0.330 e. The molecule has 1 atom stereocenters. The smallest absolute Gasteiger partial charge is 0.330 e. The summed E-state index contributed by atoms with van der Waals surface area (Å²) in [5.74, 6) is 0.448. The van der Waals surface area contributed by atoms with Crippen molar-refractivity contribution in [3.63, 3.8) is 0 Å². The summed E-state index contributed by atoms with van der Waals surface area (Å²) in [5, 5.41) is 12.0. The summed E-state index contributed by atoms with van der Waals surface area (Å²) in [7, 11) is 0. The van der Waals surface area contributed by atoms with Gasteiger partial charge in [-0.1, -0.05) is 17.7 Å². The second-order valence-electron chi connectivity index (χ2n) is 5.75. The molecule has 0 radical (unpaired) electrons. The highest BCUT2D eigenvalue weighted by Crippen LogP contribution is 2.28. The van der Waals surface area contributed by atoms with Crippen LogP contribution in [-0.2, 0) is 9.59 Å². The van der Waals surface area contributed by atoms with Gasteiger partial charge in [0.05, 0.1) is 0 Å².